The van der Waals surface area contributed by atoms with E-state index >= 15 is 0 Å². The van der Waals surface area contributed by atoms with Gasteiger partial charge >= 0.3 is 0 Å². The maximum Gasteiger partial charge on any atom is 0.0425 e. The van der Waals surface area contributed by atoms with E-state index in [0.29, 0.717) is 0 Å². The first-order chi connectivity index (χ1) is 10.3. The van der Waals surface area contributed by atoms with Crippen molar-refractivity contribution >= 4 is 22.1 Å². The molecule has 0 bridgehead atoms. The monoisotopic (exact) mass is 277 g/mol. The Morgan fingerprint density at radius 1 is 1.00 bits per heavy atom. The Morgan fingerprint density at radius 2 is 1.81 bits per heavy atom. The second-order valence-corrected chi connectivity index (χ2v) is 5.10. The largest absolute Gasteiger partial charge is 0.398 e. The fourth-order valence-corrected chi connectivity index (χ4v) is 2.63. The van der Waals surface area contributed by atoms with Crippen LogP contribution < -0.4 is 11.1 Å². The Morgan fingerprint density at radius 3 is 2.62 bits per heavy atom. The summed E-state index contributed by atoms with van der Waals surface area (Å²) in [5.74, 6) is 0. The molecule has 1 aromatic heterocycles. The molecule has 0 spiro atoms. The van der Waals surface area contributed by atoms with E-state index < -0.39 is 0 Å². The van der Waals surface area contributed by atoms with E-state index in [1.165, 1.54) is 11.1 Å². The molecule has 0 saturated heterocycles. The molecular weight excluding hydrogens is 258 g/mol. The van der Waals surface area contributed by atoms with E-state index in [1.807, 2.05) is 24.4 Å². The molecule has 1 heterocycles. The van der Waals surface area contributed by atoms with Crippen LogP contribution in [0, 0.1) is 0 Å². The van der Waals surface area contributed by atoms with Gasteiger partial charge in [-0.05, 0) is 35.7 Å². The van der Waals surface area contributed by atoms with E-state index in [2.05, 4.69) is 41.5 Å². The molecule has 3 N–H and O–H groups in total. The number of hydrogen-bond donors (Lipinski definition) is 2. The minimum absolute atomic E-state index is 0.762. The summed E-state index contributed by atoms with van der Waals surface area (Å²) in [6, 6.07) is 14.5. The molecule has 3 heteroatoms. The summed E-state index contributed by atoms with van der Waals surface area (Å²) in [4.78, 5) is 4.15. The predicted molar refractivity (Wildman–Crippen MR) is 89.3 cm³/mol. The number of benzene rings is 2. The summed E-state index contributed by atoms with van der Waals surface area (Å²) in [5, 5.41) is 5.62. The van der Waals surface area contributed by atoms with Crippen LogP contribution >= 0.6 is 0 Å². The normalized spacial score (nSPS) is 10.7. The van der Waals surface area contributed by atoms with Gasteiger partial charge in [0.15, 0.2) is 0 Å². The zero-order valence-corrected chi connectivity index (χ0v) is 12.1. The van der Waals surface area contributed by atoms with Gasteiger partial charge in [0.25, 0.3) is 0 Å². The van der Waals surface area contributed by atoms with Crippen LogP contribution in [0.3, 0.4) is 0 Å². The van der Waals surface area contributed by atoms with E-state index in [1.54, 1.807) is 6.20 Å². The quantitative estimate of drug-likeness (QED) is 0.709. The number of rotatable bonds is 4. The molecule has 3 nitrogen and oxygen atoms in total. The lowest BCUT2D eigenvalue weighted by Crippen LogP contribution is -2.03. The Kier molecular flexibility index (Phi) is 3.73. The Bertz CT molecular complexity index is 765. The SMILES string of the molecule is CCc1ccccc1CNc1ccc(N)c2cnccc12. The molecule has 3 aromatic rings. The lowest BCUT2D eigenvalue weighted by Gasteiger charge is -2.13. The highest BCUT2D eigenvalue weighted by Crippen LogP contribution is 2.28. The number of anilines is 2. The number of nitrogens with two attached hydrogens (primary N) is 1. The molecule has 0 aliphatic heterocycles. The summed E-state index contributed by atoms with van der Waals surface area (Å²) in [6.45, 7) is 2.99. The molecule has 0 radical (unpaired) electrons. The second kappa shape index (κ2) is 5.83. The van der Waals surface area contributed by atoms with Crippen molar-refractivity contribution in [2.24, 2.45) is 0 Å². The number of aryl methyl sites for hydroxylation is 1. The third-order valence-corrected chi connectivity index (χ3v) is 3.82. The highest BCUT2D eigenvalue weighted by Gasteiger charge is 2.05. The number of pyridine rings is 1. The molecule has 0 saturated carbocycles. The third-order valence-electron chi connectivity index (χ3n) is 3.82. The molecule has 0 aliphatic carbocycles. The molecule has 3 rings (SSSR count). The Labute approximate surface area is 124 Å². The van der Waals surface area contributed by atoms with Crippen LogP contribution in [-0.4, -0.2) is 4.98 Å². The highest BCUT2D eigenvalue weighted by atomic mass is 14.9. The van der Waals surface area contributed by atoms with Gasteiger partial charge in [0.05, 0.1) is 0 Å². The van der Waals surface area contributed by atoms with Gasteiger partial charge in [-0.2, -0.15) is 0 Å². The van der Waals surface area contributed by atoms with Crippen LogP contribution in [0.2, 0.25) is 0 Å². The molecule has 21 heavy (non-hydrogen) atoms. The van der Waals surface area contributed by atoms with Crippen molar-refractivity contribution in [1.82, 2.24) is 4.98 Å². The number of hydrogen-bond acceptors (Lipinski definition) is 3. The number of nitrogens with zero attached hydrogens (tertiary/aromatic N) is 1. The molecule has 0 unspecified atom stereocenters. The average molecular weight is 277 g/mol. The summed E-state index contributed by atoms with van der Waals surface area (Å²) in [5.41, 5.74) is 10.6. The molecular formula is C18H19N3. The Balaban J connectivity index is 1.91. The van der Waals surface area contributed by atoms with E-state index in [0.717, 1.165) is 35.1 Å². The highest BCUT2D eigenvalue weighted by molar-refractivity contribution is 6.00. The molecule has 2 aromatic carbocycles. The van der Waals surface area contributed by atoms with Crippen molar-refractivity contribution in [3.05, 3.63) is 66.0 Å². The maximum absolute atomic E-state index is 6.01. The molecule has 0 fully saturated rings. The smallest absolute Gasteiger partial charge is 0.0425 e. The zero-order valence-electron chi connectivity index (χ0n) is 12.1. The minimum Gasteiger partial charge on any atom is -0.398 e. The zero-order chi connectivity index (χ0) is 14.7. The van der Waals surface area contributed by atoms with Gasteiger partial charge in [-0.3, -0.25) is 4.98 Å². The van der Waals surface area contributed by atoms with Crippen LogP contribution in [-0.2, 0) is 13.0 Å². The summed E-state index contributed by atoms with van der Waals surface area (Å²) in [6.07, 6.45) is 4.66. The van der Waals surface area contributed by atoms with Crippen molar-refractivity contribution in [3.8, 4) is 0 Å². The maximum atomic E-state index is 6.01. The van der Waals surface area contributed by atoms with Gasteiger partial charge in [0, 0.05) is 41.1 Å². The lowest BCUT2D eigenvalue weighted by molar-refractivity contribution is 1.05. The average Bonchev–Trinajstić information content (AvgIpc) is 2.55. The second-order valence-electron chi connectivity index (χ2n) is 5.10. The van der Waals surface area contributed by atoms with E-state index in [-0.39, 0.29) is 0 Å². The van der Waals surface area contributed by atoms with Gasteiger partial charge < -0.3 is 11.1 Å². The van der Waals surface area contributed by atoms with Crippen molar-refractivity contribution in [2.75, 3.05) is 11.1 Å². The number of aromatic nitrogens is 1. The molecule has 0 atom stereocenters. The van der Waals surface area contributed by atoms with E-state index in [9.17, 15) is 0 Å². The first-order valence-electron chi connectivity index (χ1n) is 7.22. The summed E-state index contributed by atoms with van der Waals surface area (Å²) < 4.78 is 0. The van der Waals surface area contributed by atoms with Crippen LogP contribution in [0.25, 0.3) is 10.8 Å². The van der Waals surface area contributed by atoms with E-state index in [4.69, 9.17) is 5.73 Å². The fraction of sp³-hybridized carbons (Fsp3) is 0.167. The molecule has 0 aliphatic rings. The predicted octanol–water partition coefficient (Wildman–Crippen LogP) is 3.99. The van der Waals surface area contributed by atoms with Gasteiger partial charge in [0.1, 0.15) is 0 Å². The fourth-order valence-electron chi connectivity index (χ4n) is 2.63. The Hall–Kier alpha value is -2.55. The number of fused-ring (bicyclic) bond motifs is 1. The minimum atomic E-state index is 0.762. The van der Waals surface area contributed by atoms with Crippen LogP contribution in [0.15, 0.2) is 54.9 Å². The van der Waals surface area contributed by atoms with Crippen molar-refractivity contribution < 1.29 is 0 Å². The van der Waals surface area contributed by atoms with Gasteiger partial charge in [-0.1, -0.05) is 31.2 Å². The van der Waals surface area contributed by atoms with Crippen molar-refractivity contribution in [3.63, 3.8) is 0 Å². The topological polar surface area (TPSA) is 50.9 Å². The van der Waals surface area contributed by atoms with Gasteiger partial charge in [-0.25, -0.2) is 0 Å². The van der Waals surface area contributed by atoms with Crippen LogP contribution in [0.5, 0.6) is 0 Å². The third kappa shape index (κ3) is 2.68. The van der Waals surface area contributed by atoms with Crippen LogP contribution in [0.1, 0.15) is 18.1 Å². The first kappa shape index (κ1) is 13.4. The van der Waals surface area contributed by atoms with Crippen molar-refractivity contribution in [1.29, 1.82) is 0 Å². The number of nitrogen functional groups attached to an aromatic ring is 1. The first-order valence-corrected chi connectivity index (χ1v) is 7.22. The van der Waals surface area contributed by atoms with Crippen molar-refractivity contribution in [2.45, 2.75) is 19.9 Å². The lowest BCUT2D eigenvalue weighted by atomic mass is 10.0. The summed E-state index contributed by atoms with van der Waals surface area (Å²) >= 11 is 0. The van der Waals surface area contributed by atoms with Gasteiger partial charge in [-0.15, -0.1) is 0 Å². The molecule has 0 amide bonds. The standard InChI is InChI=1S/C18H19N3/c1-2-13-5-3-4-6-14(13)11-21-18-8-7-17(19)16-12-20-10-9-15(16)18/h3-10,12,21H,2,11,19H2,1H3. The number of nitrogens with one attached hydrogen (secondary N) is 1. The molecule has 106 valence electrons. The summed E-state index contributed by atoms with van der Waals surface area (Å²) in [7, 11) is 0. The van der Waals surface area contributed by atoms with Gasteiger partial charge in [0.2, 0.25) is 0 Å². The van der Waals surface area contributed by atoms with Crippen LogP contribution in [0.4, 0.5) is 11.4 Å².